The standard InChI is InChI=1S/C16H20N4O5S/c1-10(2)25-16-14(24-4)15(17-9-18-16)20-26(22,23)13-7-5-12(6-8-13)19-11(3)21/h5-10H,1-4H3,(H,19,21)(H,17,18,20). The molecular formula is C16H20N4O5S. The Bertz CT molecular complexity index is 882. The van der Waals surface area contributed by atoms with Crippen molar-refractivity contribution in [1.29, 1.82) is 0 Å². The predicted molar refractivity (Wildman–Crippen MR) is 95.9 cm³/mol. The summed E-state index contributed by atoms with van der Waals surface area (Å²) in [4.78, 5) is 18.9. The van der Waals surface area contributed by atoms with Crippen LogP contribution in [-0.2, 0) is 14.8 Å². The number of sulfonamides is 1. The lowest BCUT2D eigenvalue weighted by atomic mass is 10.3. The Hall–Kier alpha value is -2.88. The molecule has 0 aliphatic carbocycles. The van der Waals surface area contributed by atoms with E-state index in [1.165, 1.54) is 44.6 Å². The van der Waals surface area contributed by atoms with Crippen molar-refractivity contribution in [3.8, 4) is 11.6 Å². The van der Waals surface area contributed by atoms with Crippen molar-refractivity contribution in [2.45, 2.75) is 31.8 Å². The van der Waals surface area contributed by atoms with E-state index < -0.39 is 10.0 Å². The van der Waals surface area contributed by atoms with E-state index in [-0.39, 0.29) is 34.4 Å². The molecule has 0 saturated heterocycles. The molecule has 0 spiro atoms. The van der Waals surface area contributed by atoms with Gasteiger partial charge in [0.15, 0.2) is 5.82 Å². The smallest absolute Gasteiger partial charge is 0.263 e. The molecular weight excluding hydrogens is 360 g/mol. The molecule has 1 heterocycles. The quantitative estimate of drug-likeness (QED) is 0.754. The molecule has 0 aliphatic heterocycles. The number of amides is 1. The molecule has 0 aliphatic rings. The number of benzene rings is 1. The first-order chi connectivity index (χ1) is 12.2. The molecule has 2 aromatic rings. The third-order valence-electron chi connectivity index (χ3n) is 3.04. The number of nitrogens with one attached hydrogen (secondary N) is 2. The van der Waals surface area contributed by atoms with Crippen LogP contribution in [0.3, 0.4) is 0 Å². The SMILES string of the molecule is COc1c(NS(=O)(=O)c2ccc(NC(C)=O)cc2)ncnc1OC(C)C. The van der Waals surface area contributed by atoms with Crippen molar-refractivity contribution in [2.75, 3.05) is 17.1 Å². The molecule has 2 N–H and O–H groups in total. The Kier molecular flexibility index (Phi) is 5.98. The fraction of sp³-hybridized carbons (Fsp3) is 0.312. The topological polar surface area (TPSA) is 120 Å². The van der Waals surface area contributed by atoms with Crippen LogP contribution in [-0.4, -0.2) is 37.5 Å². The first-order valence-electron chi connectivity index (χ1n) is 7.69. The normalized spacial score (nSPS) is 11.1. The van der Waals surface area contributed by atoms with Crippen molar-refractivity contribution < 1.29 is 22.7 Å². The summed E-state index contributed by atoms with van der Waals surface area (Å²) in [5.41, 5.74) is 0.490. The predicted octanol–water partition coefficient (Wildman–Crippen LogP) is 2.03. The molecule has 0 fully saturated rings. The van der Waals surface area contributed by atoms with Crippen LogP contribution in [0.15, 0.2) is 35.5 Å². The molecule has 0 radical (unpaired) electrons. The van der Waals surface area contributed by atoms with Crippen LogP contribution in [0, 0.1) is 0 Å². The fourth-order valence-electron chi connectivity index (χ4n) is 2.03. The van der Waals surface area contributed by atoms with E-state index in [4.69, 9.17) is 9.47 Å². The second kappa shape index (κ2) is 8.00. The van der Waals surface area contributed by atoms with Gasteiger partial charge in [-0.15, -0.1) is 0 Å². The molecule has 1 aromatic heterocycles. The van der Waals surface area contributed by atoms with E-state index >= 15 is 0 Å². The summed E-state index contributed by atoms with van der Waals surface area (Å²) in [5, 5.41) is 2.57. The van der Waals surface area contributed by atoms with E-state index in [1.807, 2.05) is 13.8 Å². The number of carbonyl (C=O) groups is 1. The summed E-state index contributed by atoms with van der Waals surface area (Å²) in [7, 11) is -2.56. The van der Waals surface area contributed by atoms with Crippen LogP contribution in [0.5, 0.6) is 11.6 Å². The lowest BCUT2D eigenvalue weighted by Crippen LogP contribution is -2.16. The van der Waals surface area contributed by atoms with Gasteiger partial charge in [0, 0.05) is 12.6 Å². The minimum atomic E-state index is -3.92. The molecule has 2 rings (SSSR count). The van der Waals surface area contributed by atoms with Crippen LogP contribution in [0.1, 0.15) is 20.8 Å². The van der Waals surface area contributed by atoms with Crippen molar-refractivity contribution in [3.05, 3.63) is 30.6 Å². The summed E-state index contributed by atoms with van der Waals surface area (Å²) in [6, 6.07) is 5.71. The first kappa shape index (κ1) is 19.4. The summed E-state index contributed by atoms with van der Waals surface area (Å²) >= 11 is 0. The van der Waals surface area contributed by atoms with Gasteiger partial charge in [0.05, 0.1) is 18.1 Å². The largest absolute Gasteiger partial charge is 0.489 e. The van der Waals surface area contributed by atoms with Gasteiger partial charge in [0.2, 0.25) is 11.7 Å². The summed E-state index contributed by atoms with van der Waals surface area (Å²) in [5.74, 6) is -0.0675. The Morgan fingerprint density at radius 2 is 1.81 bits per heavy atom. The lowest BCUT2D eigenvalue weighted by molar-refractivity contribution is -0.114. The van der Waals surface area contributed by atoms with Crippen LogP contribution < -0.4 is 19.5 Å². The molecule has 0 saturated carbocycles. The minimum Gasteiger partial charge on any atom is -0.489 e. The second-order valence-electron chi connectivity index (χ2n) is 5.54. The van der Waals surface area contributed by atoms with E-state index in [0.717, 1.165) is 0 Å². The van der Waals surface area contributed by atoms with Gasteiger partial charge in [0.25, 0.3) is 15.9 Å². The number of hydrogen-bond donors (Lipinski definition) is 2. The molecule has 26 heavy (non-hydrogen) atoms. The monoisotopic (exact) mass is 380 g/mol. The zero-order valence-electron chi connectivity index (χ0n) is 14.8. The lowest BCUT2D eigenvalue weighted by Gasteiger charge is -2.15. The maximum Gasteiger partial charge on any atom is 0.263 e. The van der Waals surface area contributed by atoms with E-state index in [0.29, 0.717) is 5.69 Å². The number of carbonyl (C=O) groups excluding carboxylic acids is 1. The second-order valence-corrected chi connectivity index (χ2v) is 7.22. The summed E-state index contributed by atoms with van der Waals surface area (Å²) < 4.78 is 38.2. The molecule has 10 heteroatoms. The fourth-order valence-corrected chi connectivity index (χ4v) is 3.04. The van der Waals surface area contributed by atoms with Crippen molar-refractivity contribution in [3.63, 3.8) is 0 Å². The Morgan fingerprint density at radius 3 is 2.35 bits per heavy atom. The summed E-state index contributed by atoms with van der Waals surface area (Å²) in [6.45, 7) is 4.98. The Morgan fingerprint density at radius 1 is 1.15 bits per heavy atom. The summed E-state index contributed by atoms with van der Waals surface area (Å²) in [6.07, 6.45) is 1.00. The third kappa shape index (κ3) is 4.82. The van der Waals surface area contributed by atoms with E-state index in [2.05, 4.69) is 20.0 Å². The molecule has 0 atom stereocenters. The average molecular weight is 380 g/mol. The number of aromatic nitrogens is 2. The highest BCUT2D eigenvalue weighted by atomic mass is 32.2. The number of anilines is 2. The maximum atomic E-state index is 12.6. The minimum absolute atomic E-state index is 0.00130. The maximum absolute atomic E-state index is 12.6. The van der Waals surface area contributed by atoms with Crippen molar-refractivity contribution in [1.82, 2.24) is 9.97 Å². The molecule has 1 aromatic carbocycles. The molecule has 0 bridgehead atoms. The Labute approximate surface area is 151 Å². The molecule has 140 valence electrons. The Balaban J connectivity index is 2.30. The van der Waals surface area contributed by atoms with E-state index in [1.54, 1.807) is 0 Å². The van der Waals surface area contributed by atoms with Crippen LogP contribution >= 0.6 is 0 Å². The highest BCUT2D eigenvalue weighted by Gasteiger charge is 2.21. The van der Waals surface area contributed by atoms with Crippen molar-refractivity contribution in [2.24, 2.45) is 0 Å². The number of methoxy groups -OCH3 is 1. The van der Waals surface area contributed by atoms with Crippen LogP contribution in [0.4, 0.5) is 11.5 Å². The molecule has 0 unspecified atom stereocenters. The van der Waals surface area contributed by atoms with Crippen molar-refractivity contribution >= 4 is 27.4 Å². The zero-order chi connectivity index (χ0) is 19.3. The highest BCUT2D eigenvalue weighted by molar-refractivity contribution is 7.92. The number of rotatable bonds is 7. The van der Waals surface area contributed by atoms with Gasteiger partial charge in [-0.2, -0.15) is 4.98 Å². The van der Waals surface area contributed by atoms with Gasteiger partial charge in [-0.25, -0.2) is 13.4 Å². The first-order valence-corrected chi connectivity index (χ1v) is 9.17. The highest BCUT2D eigenvalue weighted by Crippen LogP contribution is 2.33. The van der Waals surface area contributed by atoms with Gasteiger partial charge < -0.3 is 14.8 Å². The van der Waals surface area contributed by atoms with Gasteiger partial charge in [0.1, 0.15) is 6.33 Å². The van der Waals surface area contributed by atoms with E-state index in [9.17, 15) is 13.2 Å². The molecule has 9 nitrogen and oxygen atoms in total. The van der Waals surface area contributed by atoms with Gasteiger partial charge in [-0.3, -0.25) is 9.52 Å². The van der Waals surface area contributed by atoms with Gasteiger partial charge >= 0.3 is 0 Å². The molecule has 1 amide bonds. The number of hydrogen-bond acceptors (Lipinski definition) is 7. The van der Waals surface area contributed by atoms with Gasteiger partial charge in [-0.05, 0) is 38.1 Å². The number of nitrogens with zero attached hydrogens (tertiary/aromatic N) is 2. The average Bonchev–Trinajstić information content (AvgIpc) is 2.54. The number of ether oxygens (including phenoxy) is 2. The third-order valence-corrected chi connectivity index (χ3v) is 4.39. The zero-order valence-corrected chi connectivity index (χ0v) is 15.6. The van der Waals surface area contributed by atoms with Crippen LogP contribution in [0.2, 0.25) is 0 Å². The van der Waals surface area contributed by atoms with Gasteiger partial charge in [-0.1, -0.05) is 0 Å². The van der Waals surface area contributed by atoms with Crippen LogP contribution in [0.25, 0.3) is 0 Å².